The lowest BCUT2D eigenvalue weighted by atomic mass is 9.18. The molecule has 0 aromatic rings. The van der Waals surface area contributed by atoms with Crippen LogP contribution in [0.25, 0.3) is 0 Å². The van der Waals surface area contributed by atoms with Crippen molar-refractivity contribution in [3.05, 3.63) is 5.21 Å². The molecule has 0 saturated heterocycles. The van der Waals surface area contributed by atoms with E-state index in [1.165, 1.54) is 184 Å². The van der Waals surface area contributed by atoms with Crippen LogP contribution < -0.4 is 0 Å². The van der Waals surface area contributed by atoms with E-state index in [-0.39, 0.29) is 0 Å². The van der Waals surface area contributed by atoms with Crippen LogP contribution in [-0.4, -0.2) is 18.2 Å². The molecule has 32 aliphatic rings. The zero-order valence-electron chi connectivity index (χ0n) is 59.2. The molecule has 63 unspecified atom stereocenters. The van der Waals surface area contributed by atoms with Gasteiger partial charge in [-0.05, 0) is 540 Å². The van der Waals surface area contributed by atoms with Gasteiger partial charge in [-0.25, -0.2) is 0 Å². The van der Waals surface area contributed by atoms with Crippen molar-refractivity contribution < 1.29 is 0 Å². The van der Waals surface area contributed by atoms with Crippen LogP contribution in [-0.2, 0) is 0 Å². The Morgan fingerprint density at radius 2 is 0.432 bits per heavy atom. The van der Waals surface area contributed by atoms with E-state index >= 15 is 0 Å². The molecule has 0 bridgehead atoms. The minimum Gasteiger partial charge on any atom is -0.785 e. The number of rotatable bonds is 2. The summed E-state index contributed by atoms with van der Waals surface area (Å²) in [7, 11) is 2.00. The molecule has 63 atom stereocenters. The maximum absolute atomic E-state index is 13.8. The molecule has 32 rings (SSSR count). The van der Waals surface area contributed by atoms with E-state index in [4.69, 9.17) is 0 Å². The first-order valence-corrected chi connectivity index (χ1v) is 46.1. The third kappa shape index (κ3) is 5.09. The van der Waals surface area contributed by atoms with E-state index in [9.17, 15) is 5.21 Å². The van der Waals surface area contributed by atoms with Crippen molar-refractivity contribution in [3.63, 3.8) is 0 Å². The lowest BCUT2D eigenvalue weighted by molar-refractivity contribution is -0.393. The summed E-state index contributed by atoms with van der Waals surface area (Å²) in [5, 5.41) is 15.4. The van der Waals surface area contributed by atoms with Crippen LogP contribution in [0.15, 0.2) is 0 Å². The van der Waals surface area contributed by atoms with E-state index in [2.05, 4.69) is 13.8 Å². The first-order valence-electron chi connectivity index (χ1n) is 46.1. The van der Waals surface area contributed by atoms with Gasteiger partial charge >= 0.3 is 0 Å². The van der Waals surface area contributed by atoms with Gasteiger partial charge in [0.05, 0.1) is 0 Å². The third-order valence-electron chi connectivity index (χ3n) is 50.6. The van der Waals surface area contributed by atoms with Crippen LogP contribution in [0.3, 0.4) is 0 Å². The zero-order chi connectivity index (χ0) is 59.9. The van der Waals surface area contributed by atoms with Crippen LogP contribution >= 0.6 is 0 Å². The minimum atomic E-state index is 0.384. The molecule has 508 valence electrons. The molecule has 0 aromatic carbocycles. The SMILES string of the molecule is CCC1(C)CC2CC3CC4CC5CC6CC7CC8CC9CC%10CCC%11C%12C%10C%10C9C9C8C8C7C7C6C6C5C5C4C4C3C3C2C2C%13C(CCC%14CC%15CC%16CC%17CC%18CC%19CC%20CC%21CC%22CCC(C%12C%22C%10C%21C9C%20C8C%19C7C%18C6C%17C5C%16C4C%15C3C%14%13)C%113CC3N(C)[O-])CCC21. The van der Waals surface area contributed by atoms with Crippen molar-refractivity contribution in [2.24, 2.45) is 366 Å². The second-order valence-electron chi connectivity index (χ2n) is 48.9. The molecule has 0 aromatic heterocycles. The van der Waals surface area contributed by atoms with Gasteiger partial charge in [0.2, 0.25) is 0 Å². The molecule has 0 amide bonds. The molecule has 2 heteroatoms. The molecule has 95 heavy (non-hydrogen) atoms. The van der Waals surface area contributed by atoms with E-state index in [0.29, 0.717) is 16.9 Å². The van der Waals surface area contributed by atoms with Crippen LogP contribution in [0.2, 0.25) is 0 Å². The third-order valence-corrected chi connectivity index (χ3v) is 50.6. The Bertz CT molecular complexity index is 3530. The predicted molar refractivity (Wildman–Crippen MR) is 365 cm³/mol. The lowest BCUT2D eigenvalue weighted by Gasteiger charge is -2.87. The molecule has 1 spiro atoms. The summed E-state index contributed by atoms with van der Waals surface area (Å²) in [5.74, 6) is 69.0. The Morgan fingerprint density at radius 3 is 0.716 bits per heavy atom. The highest BCUT2D eigenvalue weighted by Crippen LogP contribution is 2.93. The Morgan fingerprint density at radius 1 is 0.232 bits per heavy atom. The highest BCUT2D eigenvalue weighted by Gasteiger charge is 2.88. The summed E-state index contributed by atoms with van der Waals surface area (Å²) in [5.41, 5.74) is 1.07. The Kier molecular flexibility index (Phi) is 8.91. The summed E-state index contributed by atoms with van der Waals surface area (Å²) in [6, 6.07) is 0.384. The van der Waals surface area contributed by atoms with Gasteiger partial charge in [-0.1, -0.05) is 20.3 Å². The number of hydroxylamine groups is 2. The average molecular weight is 1270 g/mol. The Balaban J connectivity index is 0.571. The summed E-state index contributed by atoms with van der Waals surface area (Å²) in [6.07, 6.45) is 45.8. The van der Waals surface area contributed by atoms with Gasteiger partial charge < -0.3 is 10.3 Å². The first-order chi connectivity index (χ1) is 46.7. The summed E-state index contributed by atoms with van der Waals surface area (Å²) in [6.45, 7) is 5.66. The van der Waals surface area contributed by atoms with E-state index in [1.807, 2.05) is 7.05 Å². The molecule has 0 radical (unpaired) electrons. The van der Waals surface area contributed by atoms with Crippen molar-refractivity contribution in [3.8, 4) is 0 Å². The molecule has 0 heterocycles. The standard InChI is InChI=1S/C93H124NO/c1-4-92(2)29-49-28-48-27-47-26-46-25-45-24-43-21-40-18-37-15-34-9-12-52-75-57(34)78-60(37)81-63(40)84-66(43)87-68(45)88-69(46)89-70(47)90-71(48)91-72(49)73-50(92)10-7-31-5-6-32-13-35-16-38-19-41-22-44-23-42-20-39-17-36-14-33-8-11-51(93(52)30-53(93)94(3)95)74(75)56(33)77(78)59(36)80(81)62(39)83(84)65(42)86(87)67(44)85(88)64(41)82(89)61(38)79(90)58(35)76(91)55(32)54(31)73/h31-91H,4-30H2,1-3H3/q-1. The van der Waals surface area contributed by atoms with Crippen molar-refractivity contribution >= 4 is 0 Å². The van der Waals surface area contributed by atoms with Crippen molar-refractivity contribution in [2.75, 3.05) is 7.05 Å². The molecular weight excluding hydrogens is 1150 g/mol. The predicted octanol–water partition coefficient (Wildman–Crippen LogP) is 18.7. The number of fused-ring (bicyclic) bond motifs is 2. The zero-order valence-corrected chi connectivity index (χ0v) is 59.2. The molecule has 32 aliphatic carbocycles. The molecule has 32 saturated carbocycles. The monoisotopic (exact) mass is 1270 g/mol. The van der Waals surface area contributed by atoms with Crippen molar-refractivity contribution in [2.45, 2.75) is 193 Å². The molecule has 0 aliphatic heterocycles. The van der Waals surface area contributed by atoms with Gasteiger partial charge in [0.25, 0.3) is 0 Å². The van der Waals surface area contributed by atoms with Gasteiger partial charge in [-0.2, -0.15) is 0 Å². The normalized spacial score (nSPS) is 80.5. The Hall–Kier alpha value is -0.0800. The highest BCUT2D eigenvalue weighted by molar-refractivity contribution is 5.36. The lowest BCUT2D eigenvalue weighted by Crippen LogP contribution is -2.82. The molecular formula is C93H124NO-. The average Bonchev–Trinajstić information content (AvgIpc) is 1.58. The summed E-state index contributed by atoms with van der Waals surface area (Å²) in [4.78, 5) is 0. The second-order valence-corrected chi connectivity index (χ2v) is 48.9. The van der Waals surface area contributed by atoms with E-state index < -0.39 is 0 Å². The van der Waals surface area contributed by atoms with Crippen LogP contribution in [0.4, 0.5) is 0 Å². The fraction of sp³-hybridized carbons (Fsp3) is 1.00. The van der Waals surface area contributed by atoms with E-state index in [1.54, 1.807) is 166 Å². The Labute approximate surface area is 573 Å². The van der Waals surface area contributed by atoms with Crippen LogP contribution in [0.1, 0.15) is 187 Å². The van der Waals surface area contributed by atoms with Gasteiger partial charge in [0.1, 0.15) is 0 Å². The van der Waals surface area contributed by atoms with Crippen molar-refractivity contribution in [1.82, 2.24) is 5.06 Å². The number of hydrogen-bond acceptors (Lipinski definition) is 2. The van der Waals surface area contributed by atoms with Crippen LogP contribution in [0, 0.1) is 371 Å². The highest BCUT2D eigenvalue weighted by atomic mass is 16.5. The molecule has 32 fully saturated rings. The maximum Gasteiger partial charge on any atom is 0.00416 e. The second kappa shape index (κ2) is 16.0. The fourth-order valence-corrected chi connectivity index (χ4v) is 53.0. The smallest absolute Gasteiger partial charge is 0.00416 e. The maximum atomic E-state index is 13.8. The van der Waals surface area contributed by atoms with Gasteiger partial charge in [-0.15, -0.1) is 0 Å². The number of hydrogen-bond donors (Lipinski definition) is 0. The van der Waals surface area contributed by atoms with Gasteiger partial charge in [0, 0.05) is 6.04 Å². The van der Waals surface area contributed by atoms with Gasteiger partial charge in [-0.3, -0.25) is 0 Å². The number of nitrogens with zero attached hydrogens (tertiary/aromatic N) is 1. The van der Waals surface area contributed by atoms with Crippen molar-refractivity contribution in [1.29, 1.82) is 0 Å². The quantitative estimate of drug-likeness (QED) is 0.258. The van der Waals surface area contributed by atoms with Gasteiger partial charge in [0.15, 0.2) is 0 Å². The topological polar surface area (TPSA) is 26.3 Å². The molecule has 2 nitrogen and oxygen atoms in total. The first kappa shape index (κ1) is 52.8. The summed E-state index contributed by atoms with van der Waals surface area (Å²) >= 11 is 0. The molecule has 0 N–H and O–H groups in total. The summed E-state index contributed by atoms with van der Waals surface area (Å²) < 4.78 is 0. The minimum absolute atomic E-state index is 0.384. The largest absolute Gasteiger partial charge is 0.785 e. The van der Waals surface area contributed by atoms with E-state index in [0.717, 1.165) is 183 Å². The fourth-order valence-electron chi connectivity index (χ4n) is 53.0. The van der Waals surface area contributed by atoms with Crippen LogP contribution in [0.5, 0.6) is 0 Å².